The quantitative estimate of drug-likeness (QED) is 0.196. The first-order chi connectivity index (χ1) is 23.3. The molecule has 0 N–H and O–H groups in total. The minimum Gasteiger partial charge on any atom is -0.294 e. The molecule has 0 fully saturated rings. The number of aromatic nitrogens is 4. The minimum absolute atomic E-state index is 0.219. The lowest BCUT2D eigenvalue weighted by Gasteiger charge is -2.32. The largest absolute Gasteiger partial charge is 0.294 e. The zero-order valence-electron chi connectivity index (χ0n) is 25.5. The van der Waals surface area contributed by atoms with Crippen molar-refractivity contribution in [3.63, 3.8) is 0 Å². The Morgan fingerprint density at radius 1 is 0.596 bits per heavy atom. The number of rotatable bonds is 5. The summed E-state index contributed by atoms with van der Waals surface area (Å²) in [5.74, 6) is 1.84. The predicted octanol–water partition coefficient (Wildman–Crippen LogP) is 10.5. The van der Waals surface area contributed by atoms with Gasteiger partial charge in [-0.15, -0.1) is 0 Å². The molecule has 2 aromatic heterocycles. The summed E-state index contributed by atoms with van der Waals surface area (Å²) >= 11 is 0. The second-order valence-electron chi connectivity index (χ2n) is 11.9. The number of para-hydroxylation sites is 1. The summed E-state index contributed by atoms with van der Waals surface area (Å²) in [6.45, 7) is 0. The van der Waals surface area contributed by atoms with Gasteiger partial charge < -0.3 is 0 Å². The van der Waals surface area contributed by atoms with Crippen molar-refractivity contribution in [2.24, 2.45) is 0 Å². The molecule has 1 unspecified atom stereocenters. The standard InChI is InChI=1S/C42H29N5/c1-4-12-28(13-5-1)32-24-35-34-18-10-11-19-39(34)47(42-40(35)38(25-32)43-27-44-42)33-22-20-30(21-23-33)37-26-36(29-14-6-2-7-15-29)45-41(46-37)31-16-8-3-9-17-31/h1-14,16-27,29H,15H2. The van der Waals surface area contributed by atoms with Crippen LogP contribution in [0.3, 0.4) is 0 Å². The second kappa shape index (κ2) is 11.3. The number of hydrogen-bond acceptors (Lipinski definition) is 5. The van der Waals surface area contributed by atoms with E-state index in [1.807, 2.05) is 24.3 Å². The maximum atomic E-state index is 5.05. The molecule has 5 nitrogen and oxygen atoms in total. The Bertz CT molecular complexity index is 2330. The predicted molar refractivity (Wildman–Crippen MR) is 191 cm³/mol. The Labute approximate surface area is 273 Å². The maximum absolute atomic E-state index is 5.05. The molecule has 5 heteroatoms. The van der Waals surface area contributed by atoms with Gasteiger partial charge in [0.15, 0.2) is 5.82 Å². The van der Waals surface area contributed by atoms with Crippen LogP contribution in [0.2, 0.25) is 0 Å². The van der Waals surface area contributed by atoms with E-state index in [9.17, 15) is 0 Å². The van der Waals surface area contributed by atoms with Crippen molar-refractivity contribution in [1.29, 1.82) is 0 Å². The number of hydrogen-bond donors (Lipinski definition) is 0. The van der Waals surface area contributed by atoms with Crippen LogP contribution in [0.15, 0.2) is 158 Å². The number of anilines is 3. The molecule has 3 heterocycles. The van der Waals surface area contributed by atoms with E-state index in [0.29, 0.717) is 0 Å². The van der Waals surface area contributed by atoms with Crippen LogP contribution in [0.4, 0.5) is 17.2 Å². The van der Waals surface area contributed by atoms with Crippen LogP contribution in [0, 0.1) is 0 Å². The van der Waals surface area contributed by atoms with Crippen LogP contribution in [0.25, 0.3) is 55.8 Å². The van der Waals surface area contributed by atoms with Gasteiger partial charge in [0.25, 0.3) is 0 Å². The first-order valence-corrected chi connectivity index (χ1v) is 15.9. The molecular formula is C42H29N5. The highest BCUT2D eigenvalue weighted by Crippen LogP contribution is 2.50. The molecule has 9 rings (SSSR count). The van der Waals surface area contributed by atoms with Gasteiger partial charge in [-0.05, 0) is 59.5 Å². The summed E-state index contributed by atoms with van der Waals surface area (Å²) in [6, 6.07) is 44.5. The van der Waals surface area contributed by atoms with Crippen molar-refractivity contribution in [2.45, 2.75) is 12.3 Å². The van der Waals surface area contributed by atoms with Gasteiger partial charge in [0.05, 0.1) is 28.0 Å². The number of allylic oxidation sites excluding steroid dienone is 4. The monoisotopic (exact) mass is 603 g/mol. The molecule has 47 heavy (non-hydrogen) atoms. The van der Waals surface area contributed by atoms with Crippen LogP contribution in [-0.2, 0) is 0 Å². The fourth-order valence-corrected chi connectivity index (χ4v) is 6.73. The lowest BCUT2D eigenvalue weighted by molar-refractivity contribution is 0.811. The van der Waals surface area contributed by atoms with Gasteiger partial charge in [0.2, 0.25) is 0 Å². The van der Waals surface area contributed by atoms with Crippen LogP contribution < -0.4 is 4.90 Å². The molecule has 0 bridgehead atoms. The fourth-order valence-electron chi connectivity index (χ4n) is 6.73. The van der Waals surface area contributed by atoms with E-state index in [0.717, 1.165) is 79.5 Å². The van der Waals surface area contributed by atoms with Crippen LogP contribution in [0.1, 0.15) is 18.0 Å². The minimum atomic E-state index is 0.219. The third-order valence-electron chi connectivity index (χ3n) is 9.03. The molecule has 0 spiro atoms. The Morgan fingerprint density at radius 3 is 2.15 bits per heavy atom. The van der Waals surface area contributed by atoms with Gasteiger partial charge in [-0.3, -0.25) is 4.90 Å². The highest BCUT2D eigenvalue weighted by Gasteiger charge is 2.28. The highest BCUT2D eigenvalue weighted by atomic mass is 15.2. The summed E-state index contributed by atoms with van der Waals surface area (Å²) in [7, 11) is 0. The third-order valence-corrected chi connectivity index (χ3v) is 9.03. The Balaban J connectivity index is 1.15. The smallest absolute Gasteiger partial charge is 0.160 e. The van der Waals surface area contributed by atoms with E-state index in [-0.39, 0.29) is 5.92 Å². The van der Waals surface area contributed by atoms with Crippen LogP contribution in [-0.4, -0.2) is 19.9 Å². The summed E-state index contributed by atoms with van der Waals surface area (Å²) in [5, 5.41) is 1.05. The molecular weight excluding hydrogens is 574 g/mol. The average molecular weight is 604 g/mol. The molecule has 5 aromatic carbocycles. The fraction of sp³-hybridized carbons (Fsp3) is 0.0476. The van der Waals surface area contributed by atoms with Gasteiger partial charge in [-0.2, -0.15) is 0 Å². The summed E-state index contributed by atoms with van der Waals surface area (Å²) < 4.78 is 0. The normalized spacial score (nSPS) is 14.7. The molecule has 0 saturated carbocycles. The highest BCUT2D eigenvalue weighted by molar-refractivity contribution is 6.12. The molecule has 7 aromatic rings. The Morgan fingerprint density at radius 2 is 1.36 bits per heavy atom. The molecule has 2 aliphatic rings. The van der Waals surface area contributed by atoms with Gasteiger partial charge in [-0.25, -0.2) is 19.9 Å². The zero-order chi connectivity index (χ0) is 31.2. The van der Waals surface area contributed by atoms with Crippen molar-refractivity contribution in [3.8, 4) is 44.9 Å². The Hall–Kier alpha value is -6.20. The number of nitrogens with zero attached hydrogens (tertiary/aromatic N) is 5. The first kappa shape index (κ1) is 27.1. The summed E-state index contributed by atoms with van der Waals surface area (Å²) in [6.07, 6.45) is 11.2. The van der Waals surface area contributed by atoms with Crippen molar-refractivity contribution in [1.82, 2.24) is 19.9 Å². The van der Waals surface area contributed by atoms with E-state index in [2.05, 4.69) is 132 Å². The van der Waals surface area contributed by atoms with Gasteiger partial charge in [-0.1, -0.05) is 115 Å². The second-order valence-corrected chi connectivity index (χ2v) is 11.9. The van der Waals surface area contributed by atoms with E-state index >= 15 is 0 Å². The van der Waals surface area contributed by atoms with E-state index in [4.69, 9.17) is 19.9 Å². The topological polar surface area (TPSA) is 54.8 Å². The maximum Gasteiger partial charge on any atom is 0.160 e. The SMILES string of the molecule is C1=CCC(c2cc(-c3ccc(N4c5ccccc5-c5cc(-c6ccccc6)cc6ncnc4c56)cc3)nc(-c3ccccc3)n2)C=C1. The van der Waals surface area contributed by atoms with Crippen molar-refractivity contribution in [2.75, 3.05) is 4.90 Å². The van der Waals surface area contributed by atoms with Gasteiger partial charge in [0.1, 0.15) is 12.1 Å². The van der Waals surface area contributed by atoms with Crippen molar-refractivity contribution < 1.29 is 0 Å². The molecule has 0 saturated heterocycles. The molecule has 0 amide bonds. The van der Waals surface area contributed by atoms with Crippen LogP contribution >= 0.6 is 0 Å². The molecule has 1 atom stereocenters. The lowest BCUT2D eigenvalue weighted by Crippen LogP contribution is -2.16. The third kappa shape index (κ3) is 4.80. The molecule has 1 aliphatic heterocycles. The van der Waals surface area contributed by atoms with Gasteiger partial charge in [0, 0.05) is 28.3 Å². The van der Waals surface area contributed by atoms with Gasteiger partial charge >= 0.3 is 0 Å². The summed E-state index contributed by atoms with van der Waals surface area (Å²) in [5.41, 5.74) is 11.6. The molecule has 222 valence electrons. The summed E-state index contributed by atoms with van der Waals surface area (Å²) in [4.78, 5) is 21.9. The van der Waals surface area contributed by atoms with Crippen molar-refractivity contribution >= 4 is 28.1 Å². The van der Waals surface area contributed by atoms with E-state index in [1.54, 1.807) is 6.33 Å². The average Bonchev–Trinajstić information content (AvgIpc) is 3.16. The number of fused-ring (bicyclic) bond motifs is 2. The van der Waals surface area contributed by atoms with E-state index in [1.165, 1.54) is 5.56 Å². The zero-order valence-corrected chi connectivity index (χ0v) is 25.5. The van der Waals surface area contributed by atoms with E-state index < -0.39 is 0 Å². The molecule has 1 aliphatic carbocycles. The lowest BCUT2D eigenvalue weighted by atomic mass is 9.91. The van der Waals surface area contributed by atoms with Crippen LogP contribution in [0.5, 0.6) is 0 Å². The first-order valence-electron chi connectivity index (χ1n) is 15.9. The molecule has 0 radical (unpaired) electrons. The Kier molecular flexibility index (Phi) is 6.53. The number of benzene rings is 5. The van der Waals surface area contributed by atoms with Crippen molar-refractivity contribution in [3.05, 3.63) is 164 Å².